The number of nitrogens with one attached hydrogen (secondary N) is 1. The summed E-state index contributed by atoms with van der Waals surface area (Å²) < 4.78 is 16.4. The molecule has 4 rings (SSSR count). The average molecular weight is 368 g/mol. The third-order valence-corrected chi connectivity index (χ3v) is 5.04. The fourth-order valence-corrected chi connectivity index (χ4v) is 3.46. The standard InChI is InChI=1S/C21H24N2O4/c1-15-2-4-16(5-3-15)21(24)22-13-18(23-8-10-25-11-9-23)17-6-7-19-20(12-17)27-14-26-19/h2-7,12,18H,8-11,13-14H2,1H3,(H,22,24)/t18-/m0/s1. The number of nitrogens with zero attached hydrogens (tertiary/aromatic N) is 1. The van der Waals surface area contributed by atoms with Gasteiger partial charge in [-0.25, -0.2) is 0 Å². The number of morpholine rings is 1. The first-order valence-corrected chi connectivity index (χ1v) is 9.27. The van der Waals surface area contributed by atoms with Gasteiger partial charge in [0.05, 0.1) is 19.3 Å². The molecule has 1 amide bonds. The molecule has 0 saturated carbocycles. The lowest BCUT2D eigenvalue weighted by atomic mass is 10.0. The van der Waals surface area contributed by atoms with Gasteiger partial charge in [0.25, 0.3) is 5.91 Å². The second-order valence-electron chi connectivity index (χ2n) is 6.85. The van der Waals surface area contributed by atoms with E-state index in [0.29, 0.717) is 25.3 Å². The van der Waals surface area contributed by atoms with E-state index in [-0.39, 0.29) is 18.7 Å². The SMILES string of the molecule is Cc1ccc(C(=O)NC[C@@H](c2ccc3c(c2)OCO3)N2CCOCC2)cc1. The first-order valence-electron chi connectivity index (χ1n) is 9.27. The molecule has 1 atom stereocenters. The van der Waals surface area contributed by atoms with Crippen LogP contribution in [0.2, 0.25) is 0 Å². The summed E-state index contributed by atoms with van der Waals surface area (Å²) in [6.07, 6.45) is 0. The van der Waals surface area contributed by atoms with Gasteiger partial charge >= 0.3 is 0 Å². The number of benzene rings is 2. The second-order valence-corrected chi connectivity index (χ2v) is 6.85. The van der Waals surface area contributed by atoms with Crippen LogP contribution in [-0.4, -0.2) is 50.4 Å². The lowest BCUT2D eigenvalue weighted by molar-refractivity contribution is 0.0162. The molecular weight excluding hydrogens is 344 g/mol. The van der Waals surface area contributed by atoms with Gasteiger partial charge in [0.1, 0.15) is 0 Å². The molecule has 6 nitrogen and oxygen atoms in total. The third kappa shape index (κ3) is 4.07. The summed E-state index contributed by atoms with van der Waals surface area (Å²) in [6.45, 7) is 5.85. The Morgan fingerprint density at radius 3 is 2.59 bits per heavy atom. The van der Waals surface area contributed by atoms with Crippen LogP contribution in [0.3, 0.4) is 0 Å². The largest absolute Gasteiger partial charge is 0.454 e. The maximum atomic E-state index is 12.6. The number of carbonyl (C=O) groups is 1. The zero-order chi connectivity index (χ0) is 18.6. The quantitative estimate of drug-likeness (QED) is 0.879. The van der Waals surface area contributed by atoms with Crippen molar-refractivity contribution in [2.24, 2.45) is 0 Å². The Bertz CT molecular complexity index is 800. The number of aryl methyl sites for hydroxylation is 1. The lowest BCUT2D eigenvalue weighted by Gasteiger charge is -2.35. The third-order valence-electron chi connectivity index (χ3n) is 5.04. The zero-order valence-electron chi connectivity index (χ0n) is 15.4. The molecule has 1 N–H and O–H groups in total. The molecule has 6 heteroatoms. The molecule has 0 aromatic heterocycles. The smallest absolute Gasteiger partial charge is 0.251 e. The monoisotopic (exact) mass is 368 g/mol. The van der Waals surface area contributed by atoms with Crippen molar-refractivity contribution in [1.82, 2.24) is 10.2 Å². The van der Waals surface area contributed by atoms with Crippen molar-refractivity contribution >= 4 is 5.91 Å². The summed E-state index contributed by atoms with van der Waals surface area (Å²) in [5.74, 6) is 1.47. The van der Waals surface area contributed by atoms with E-state index in [2.05, 4.69) is 10.2 Å². The molecule has 2 aliphatic heterocycles. The van der Waals surface area contributed by atoms with Crippen LogP contribution in [0.25, 0.3) is 0 Å². The minimum absolute atomic E-state index is 0.0535. The van der Waals surface area contributed by atoms with Gasteiger partial charge in [-0.05, 0) is 36.8 Å². The summed E-state index contributed by atoms with van der Waals surface area (Å²) in [6, 6.07) is 13.7. The zero-order valence-corrected chi connectivity index (χ0v) is 15.4. The number of ether oxygens (including phenoxy) is 3. The summed E-state index contributed by atoms with van der Waals surface area (Å²) in [4.78, 5) is 14.9. The van der Waals surface area contributed by atoms with Crippen molar-refractivity contribution in [2.75, 3.05) is 39.6 Å². The molecular formula is C21H24N2O4. The van der Waals surface area contributed by atoms with E-state index >= 15 is 0 Å². The van der Waals surface area contributed by atoms with Crippen molar-refractivity contribution in [3.05, 3.63) is 59.2 Å². The molecule has 0 bridgehead atoms. The summed E-state index contributed by atoms with van der Waals surface area (Å²) in [7, 11) is 0. The first-order chi connectivity index (χ1) is 13.2. The predicted octanol–water partition coefficient (Wildman–Crippen LogP) is 2.53. The van der Waals surface area contributed by atoms with Gasteiger partial charge in [-0.3, -0.25) is 9.69 Å². The van der Waals surface area contributed by atoms with Crippen LogP contribution < -0.4 is 14.8 Å². The summed E-state index contributed by atoms with van der Waals surface area (Å²) >= 11 is 0. The highest BCUT2D eigenvalue weighted by Gasteiger charge is 2.25. The van der Waals surface area contributed by atoms with E-state index in [4.69, 9.17) is 14.2 Å². The Morgan fingerprint density at radius 1 is 1.07 bits per heavy atom. The number of rotatable bonds is 5. The Labute approximate surface area is 159 Å². The maximum absolute atomic E-state index is 12.6. The first kappa shape index (κ1) is 17.8. The van der Waals surface area contributed by atoms with Crippen LogP contribution in [0.4, 0.5) is 0 Å². The van der Waals surface area contributed by atoms with Crippen molar-refractivity contribution in [1.29, 1.82) is 0 Å². The number of hydrogen-bond donors (Lipinski definition) is 1. The highest BCUT2D eigenvalue weighted by molar-refractivity contribution is 5.94. The molecule has 142 valence electrons. The fourth-order valence-electron chi connectivity index (χ4n) is 3.46. The molecule has 2 aromatic rings. The van der Waals surface area contributed by atoms with Crippen molar-refractivity contribution in [3.8, 4) is 11.5 Å². The number of fused-ring (bicyclic) bond motifs is 1. The molecule has 1 saturated heterocycles. The highest BCUT2D eigenvalue weighted by atomic mass is 16.7. The normalized spacial score (nSPS) is 17.5. The van der Waals surface area contributed by atoms with Gasteiger partial charge in [-0.1, -0.05) is 23.8 Å². The summed E-state index contributed by atoms with van der Waals surface area (Å²) in [5, 5.41) is 3.09. The Morgan fingerprint density at radius 2 is 1.81 bits per heavy atom. The van der Waals surface area contributed by atoms with Gasteiger partial charge in [0.15, 0.2) is 11.5 Å². The molecule has 0 radical (unpaired) electrons. The number of hydrogen-bond acceptors (Lipinski definition) is 5. The Hall–Kier alpha value is -2.57. The Kier molecular flexibility index (Phi) is 5.27. The van der Waals surface area contributed by atoms with Crippen LogP contribution in [-0.2, 0) is 4.74 Å². The van der Waals surface area contributed by atoms with Crippen LogP contribution >= 0.6 is 0 Å². The lowest BCUT2D eigenvalue weighted by Crippen LogP contribution is -2.43. The molecule has 27 heavy (non-hydrogen) atoms. The summed E-state index contributed by atoms with van der Waals surface area (Å²) in [5.41, 5.74) is 2.91. The topological polar surface area (TPSA) is 60.0 Å². The van der Waals surface area contributed by atoms with Gasteiger partial charge in [-0.15, -0.1) is 0 Å². The van der Waals surface area contributed by atoms with Crippen LogP contribution in [0.15, 0.2) is 42.5 Å². The minimum atomic E-state index is -0.0611. The van der Waals surface area contributed by atoms with Gasteiger partial charge in [0, 0.05) is 25.2 Å². The molecule has 0 unspecified atom stereocenters. The van der Waals surface area contributed by atoms with Crippen molar-refractivity contribution < 1.29 is 19.0 Å². The number of carbonyl (C=O) groups excluding carboxylic acids is 1. The van der Waals surface area contributed by atoms with E-state index in [9.17, 15) is 4.79 Å². The van der Waals surface area contributed by atoms with E-state index in [1.54, 1.807) is 0 Å². The van der Waals surface area contributed by atoms with E-state index in [0.717, 1.165) is 35.7 Å². The minimum Gasteiger partial charge on any atom is -0.454 e. The van der Waals surface area contributed by atoms with Crippen LogP contribution in [0.1, 0.15) is 27.5 Å². The molecule has 0 aliphatic carbocycles. The highest BCUT2D eigenvalue weighted by Crippen LogP contribution is 2.35. The maximum Gasteiger partial charge on any atom is 0.251 e. The molecule has 0 spiro atoms. The van der Waals surface area contributed by atoms with E-state index in [1.807, 2.05) is 49.4 Å². The van der Waals surface area contributed by atoms with Crippen LogP contribution in [0.5, 0.6) is 11.5 Å². The molecule has 2 aromatic carbocycles. The molecule has 1 fully saturated rings. The van der Waals surface area contributed by atoms with Crippen molar-refractivity contribution in [2.45, 2.75) is 13.0 Å². The van der Waals surface area contributed by atoms with E-state index in [1.165, 1.54) is 0 Å². The number of amides is 1. The second kappa shape index (κ2) is 7.98. The van der Waals surface area contributed by atoms with Crippen molar-refractivity contribution in [3.63, 3.8) is 0 Å². The van der Waals surface area contributed by atoms with Gasteiger partial charge in [0.2, 0.25) is 6.79 Å². The van der Waals surface area contributed by atoms with E-state index < -0.39 is 0 Å². The molecule has 2 aliphatic rings. The average Bonchev–Trinajstić information content (AvgIpc) is 3.17. The van der Waals surface area contributed by atoms with Crippen LogP contribution in [0, 0.1) is 6.92 Å². The molecule has 2 heterocycles. The fraction of sp³-hybridized carbons (Fsp3) is 0.381. The van der Waals surface area contributed by atoms with Gasteiger partial charge in [-0.2, -0.15) is 0 Å². The Balaban J connectivity index is 1.51. The predicted molar refractivity (Wildman–Crippen MR) is 101 cm³/mol. The van der Waals surface area contributed by atoms with Gasteiger partial charge < -0.3 is 19.5 Å².